The van der Waals surface area contributed by atoms with Crippen LogP contribution >= 0.6 is 0 Å². The molecule has 2 rings (SSSR count). The number of hydrogen-bond donors (Lipinski definition) is 2. The van der Waals surface area contributed by atoms with Crippen molar-refractivity contribution in [2.24, 2.45) is 5.92 Å². The van der Waals surface area contributed by atoms with Gasteiger partial charge < -0.3 is 15.4 Å². The minimum atomic E-state index is -0.0617. The van der Waals surface area contributed by atoms with Gasteiger partial charge in [0.15, 0.2) is 0 Å². The number of carbonyl (C=O) groups is 1. The Morgan fingerprint density at radius 2 is 2.14 bits per heavy atom. The van der Waals surface area contributed by atoms with Gasteiger partial charge in [0.1, 0.15) is 5.75 Å². The smallest absolute Gasteiger partial charge is 0.315 e. The molecule has 1 unspecified atom stereocenters. The lowest BCUT2D eigenvalue weighted by atomic mass is 10.0. The monoisotopic (exact) mass is 304 g/mol. The van der Waals surface area contributed by atoms with Crippen molar-refractivity contribution in [1.29, 1.82) is 0 Å². The van der Waals surface area contributed by atoms with Gasteiger partial charge in [-0.25, -0.2) is 4.79 Å². The van der Waals surface area contributed by atoms with Crippen LogP contribution in [0.4, 0.5) is 4.79 Å². The molecule has 1 saturated carbocycles. The number of ether oxygens (including phenoxy) is 1. The molecule has 22 heavy (non-hydrogen) atoms. The Kier molecular flexibility index (Phi) is 6.56. The molecule has 0 heterocycles. The minimum Gasteiger partial charge on any atom is -0.497 e. The average Bonchev–Trinajstić information content (AvgIpc) is 3.00. The highest BCUT2D eigenvalue weighted by Crippen LogP contribution is 2.26. The second-order valence-corrected chi connectivity index (χ2v) is 6.30. The van der Waals surface area contributed by atoms with Crippen molar-refractivity contribution in [3.63, 3.8) is 0 Å². The fourth-order valence-corrected chi connectivity index (χ4v) is 3.17. The molecule has 2 N–H and O–H groups in total. The van der Waals surface area contributed by atoms with Gasteiger partial charge in [-0.1, -0.05) is 37.8 Å². The summed E-state index contributed by atoms with van der Waals surface area (Å²) in [6.07, 6.45) is 7.28. The van der Waals surface area contributed by atoms with Gasteiger partial charge in [-0.3, -0.25) is 0 Å². The van der Waals surface area contributed by atoms with E-state index in [1.807, 2.05) is 25.1 Å². The third kappa shape index (κ3) is 5.58. The normalized spacial score (nSPS) is 16.3. The number of urea groups is 1. The summed E-state index contributed by atoms with van der Waals surface area (Å²) >= 11 is 0. The van der Waals surface area contributed by atoms with Crippen LogP contribution in [0.1, 0.15) is 44.6 Å². The van der Waals surface area contributed by atoms with Crippen LogP contribution in [0, 0.1) is 5.92 Å². The van der Waals surface area contributed by atoms with Crippen LogP contribution in [-0.2, 0) is 6.42 Å². The van der Waals surface area contributed by atoms with E-state index in [1.54, 1.807) is 7.11 Å². The van der Waals surface area contributed by atoms with Gasteiger partial charge in [0.2, 0.25) is 0 Å². The Hall–Kier alpha value is -1.71. The molecule has 1 aliphatic carbocycles. The van der Waals surface area contributed by atoms with Gasteiger partial charge in [0.05, 0.1) is 7.11 Å². The van der Waals surface area contributed by atoms with Gasteiger partial charge in [-0.05, 0) is 43.4 Å². The second-order valence-electron chi connectivity index (χ2n) is 6.30. The summed E-state index contributed by atoms with van der Waals surface area (Å²) < 4.78 is 5.22. The van der Waals surface area contributed by atoms with Crippen molar-refractivity contribution in [2.45, 2.75) is 51.5 Å². The van der Waals surface area contributed by atoms with Gasteiger partial charge in [-0.2, -0.15) is 0 Å². The molecule has 2 amide bonds. The molecule has 1 aromatic carbocycles. The zero-order valence-electron chi connectivity index (χ0n) is 13.7. The number of nitrogens with one attached hydrogen (secondary N) is 2. The Morgan fingerprint density at radius 3 is 2.86 bits per heavy atom. The lowest BCUT2D eigenvalue weighted by Gasteiger charge is -2.16. The maximum atomic E-state index is 11.9. The van der Waals surface area contributed by atoms with Crippen LogP contribution in [0.5, 0.6) is 5.75 Å². The van der Waals surface area contributed by atoms with E-state index in [-0.39, 0.29) is 12.1 Å². The highest BCUT2D eigenvalue weighted by Gasteiger charge is 2.15. The Balaban J connectivity index is 1.66. The molecule has 4 nitrogen and oxygen atoms in total. The molecule has 0 aromatic heterocycles. The Morgan fingerprint density at radius 1 is 1.36 bits per heavy atom. The van der Waals surface area contributed by atoms with Crippen LogP contribution in [-0.4, -0.2) is 25.7 Å². The number of benzene rings is 1. The van der Waals surface area contributed by atoms with Gasteiger partial charge in [-0.15, -0.1) is 0 Å². The third-order valence-electron chi connectivity index (χ3n) is 4.37. The van der Waals surface area contributed by atoms with Gasteiger partial charge in [0.25, 0.3) is 0 Å². The Labute approximate surface area is 133 Å². The standard InChI is InChI=1S/C18H28N2O2/c1-14(12-16-8-5-9-17(13-16)22-2)20-18(21)19-11-10-15-6-3-4-7-15/h5,8-9,13-15H,3-4,6-7,10-12H2,1-2H3,(H2,19,20,21). The third-order valence-corrected chi connectivity index (χ3v) is 4.37. The van der Waals surface area contributed by atoms with E-state index < -0.39 is 0 Å². The largest absolute Gasteiger partial charge is 0.497 e. The Bertz CT molecular complexity index is 470. The number of amides is 2. The summed E-state index contributed by atoms with van der Waals surface area (Å²) in [4.78, 5) is 11.9. The number of methoxy groups -OCH3 is 1. The molecule has 0 saturated heterocycles. The van der Waals surface area contributed by atoms with Crippen molar-refractivity contribution in [3.05, 3.63) is 29.8 Å². The quantitative estimate of drug-likeness (QED) is 0.810. The zero-order chi connectivity index (χ0) is 15.8. The van der Waals surface area contributed by atoms with Gasteiger partial charge >= 0.3 is 6.03 Å². The predicted octanol–water partition coefficient (Wildman–Crippen LogP) is 3.51. The zero-order valence-corrected chi connectivity index (χ0v) is 13.7. The van der Waals surface area contributed by atoms with E-state index >= 15 is 0 Å². The van der Waals surface area contributed by atoms with Crippen molar-refractivity contribution in [1.82, 2.24) is 10.6 Å². The lowest BCUT2D eigenvalue weighted by molar-refractivity contribution is 0.237. The summed E-state index contributed by atoms with van der Waals surface area (Å²) in [6, 6.07) is 8.00. The molecule has 0 bridgehead atoms. The molecule has 1 atom stereocenters. The predicted molar refractivity (Wildman–Crippen MR) is 89.3 cm³/mol. The highest BCUT2D eigenvalue weighted by atomic mass is 16.5. The summed E-state index contributed by atoms with van der Waals surface area (Å²) in [5, 5.41) is 5.97. The first kappa shape index (κ1) is 16.7. The number of carbonyl (C=O) groups excluding carboxylic acids is 1. The molecule has 122 valence electrons. The second kappa shape index (κ2) is 8.66. The van der Waals surface area contributed by atoms with E-state index in [0.717, 1.165) is 36.6 Å². The molecule has 1 aliphatic rings. The molecule has 0 spiro atoms. The van der Waals surface area contributed by atoms with Crippen LogP contribution in [0.25, 0.3) is 0 Å². The average molecular weight is 304 g/mol. The van der Waals surface area contributed by atoms with Crippen LogP contribution < -0.4 is 15.4 Å². The van der Waals surface area contributed by atoms with E-state index in [2.05, 4.69) is 16.7 Å². The lowest BCUT2D eigenvalue weighted by Crippen LogP contribution is -2.42. The summed E-state index contributed by atoms with van der Waals surface area (Å²) in [7, 11) is 1.67. The molecule has 0 radical (unpaired) electrons. The van der Waals surface area contributed by atoms with Crippen molar-refractivity contribution in [3.8, 4) is 5.75 Å². The molecular formula is C18H28N2O2. The molecular weight excluding hydrogens is 276 g/mol. The first-order chi connectivity index (χ1) is 10.7. The van der Waals surface area contributed by atoms with Crippen molar-refractivity contribution < 1.29 is 9.53 Å². The topological polar surface area (TPSA) is 50.4 Å². The fraction of sp³-hybridized carbons (Fsp3) is 0.611. The molecule has 1 aromatic rings. The van der Waals surface area contributed by atoms with Crippen LogP contribution in [0.2, 0.25) is 0 Å². The number of rotatable bonds is 7. The minimum absolute atomic E-state index is 0.0617. The van der Waals surface area contributed by atoms with Crippen LogP contribution in [0.15, 0.2) is 24.3 Å². The maximum Gasteiger partial charge on any atom is 0.315 e. The van der Waals surface area contributed by atoms with E-state index in [1.165, 1.54) is 25.7 Å². The van der Waals surface area contributed by atoms with Crippen molar-refractivity contribution in [2.75, 3.05) is 13.7 Å². The van der Waals surface area contributed by atoms with E-state index in [4.69, 9.17) is 4.74 Å². The van der Waals surface area contributed by atoms with Crippen LogP contribution in [0.3, 0.4) is 0 Å². The maximum absolute atomic E-state index is 11.9. The fourth-order valence-electron chi connectivity index (χ4n) is 3.17. The van der Waals surface area contributed by atoms with Crippen molar-refractivity contribution >= 4 is 6.03 Å². The SMILES string of the molecule is COc1cccc(CC(C)NC(=O)NCCC2CCCC2)c1. The summed E-state index contributed by atoms with van der Waals surface area (Å²) in [6.45, 7) is 2.80. The number of hydrogen-bond acceptors (Lipinski definition) is 2. The first-order valence-corrected chi connectivity index (χ1v) is 8.34. The van der Waals surface area contributed by atoms with Gasteiger partial charge in [0, 0.05) is 12.6 Å². The highest BCUT2D eigenvalue weighted by molar-refractivity contribution is 5.74. The first-order valence-electron chi connectivity index (χ1n) is 8.34. The summed E-state index contributed by atoms with van der Waals surface area (Å²) in [5.74, 6) is 1.67. The molecule has 4 heteroatoms. The molecule has 1 fully saturated rings. The van der Waals surface area contributed by atoms with E-state index in [0.29, 0.717) is 0 Å². The summed E-state index contributed by atoms with van der Waals surface area (Å²) in [5.41, 5.74) is 1.16. The molecule has 0 aliphatic heterocycles. The van der Waals surface area contributed by atoms with E-state index in [9.17, 15) is 4.79 Å².